The molecule has 9 heteroatoms. The fourth-order valence-corrected chi connectivity index (χ4v) is 9.80. The highest BCUT2D eigenvalue weighted by molar-refractivity contribution is 7.45. The molecule has 8 nitrogen and oxygen atoms in total. The van der Waals surface area contributed by atoms with Crippen molar-refractivity contribution in [1.29, 1.82) is 0 Å². The summed E-state index contributed by atoms with van der Waals surface area (Å²) in [6.45, 7) is 4.55. The lowest BCUT2D eigenvalue weighted by molar-refractivity contribution is -0.870. The number of quaternary nitrogens is 1. The van der Waals surface area contributed by atoms with Crippen molar-refractivity contribution in [2.75, 3.05) is 40.9 Å². The van der Waals surface area contributed by atoms with Crippen LogP contribution in [0.15, 0.2) is 97.2 Å². The maximum atomic E-state index is 13.0. The molecule has 0 saturated heterocycles. The van der Waals surface area contributed by atoms with Crippen molar-refractivity contribution in [2.45, 2.75) is 289 Å². The predicted molar refractivity (Wildman–Crippen MR) is 334 cm³/mol. The molecule has 0 fully saturated rings. The van der Waals surface area contributed by atoms with Gasteiger partial charge >= 0.3 is 0 Å². The van der Waals surface area contributed by atoms with Gasteiger partial charge in [-0.2, -0.15) is 0 Å². The van der Waals surface area contributed by atoms with Crippen molar-refractivity contribution in [1.82, 2.24) is 5.32 Å². The molecule has 77 heavy (non-hydrogen) atoms. The number of aliphatic hydroxyl groups is 1. The first-order chi connectivity index (χ1) is 37.5. The molecule has 0 heterocycles. The number of phosphoric acid groups is 1. The van der Waals surface area contributed by atoms with Gasteiger partial charge in [0.25, 0.3) is 7.82 Å². The van der Waals surface area contributed by atoms with E-state index in [0.29, 0.717) is 17.4 Å². The predicted octanol–water partition coefficient (Wildman–Crippen LogP) is 19.5. The number of allylic oxidation sites excluding steroid dienone is 15. The molecule has 0 bridgehead atoms. The van der Waals surface area contributed by atoms with Crippen molar-refractivity contribution in [3.8, 4) is 0 Å². The van der Waals surface area contributed by atoms with E-state index in [1.165, 1.54) is 173 Å². The number of unbranched alkanes of at least 4 members (excludes halogenated alkanes) is 31. The van der Waals surface area contributed by atoms with E-state index < -0.39 is 20.0 Å². The van der Waals surface area contributed by atoms with Gasteiger partial charge in [0.2, 0.25) is 5.91 Å². The lowest BCUT2D eigenvalue weighted by Crippen LogP contribution is -2.45. The van der Waals surface area contributed by atoms with Crippen LogP contribution in [0.1, 0.15) is 277 Å². The molecule has 1 amide bonds. The summed E-state index contributed by atoms with van der Waals surface area (Å²) in [5.41, 5.74) is 0. The quantitative estimate of drug-likeness (QED) is 0.0272. The summed E-state index contributed by atoms with van der Waals surface area (Å²) in [6.07, 6.45) is 83.5. The Labute approximate surface area is 477 Å². The van der Waals surface area contributed by atoms with Crippen molar-refractivity contribution < 1.29 is 32.9 Å². The van der Waals surface area contributed by atoms with E-state index in [1.807, 2.05) is 27.2 Å². The third kappa shape index (κ3) is 60.9. The van der Waals surface area contributed by atoms with Crippen molar-refractivity contribution in [3.05, 3.63) is 97.2 Å². The third-order valence-electron chi connectivity index (χ3n) is 14.0. The monoisotopic (exact) mass is 1090 g/mol. The zero-order valence-corrected chi connectivity index (χ0v) is 51.8. The van der Waals surface area contributed by atoms with Gasteiger partial charge in [0.15, 0.2) is 0 Å². The number of hydrogen-bond donors (Lipinski definition) is 2. The second kappa shape index (κ2) is 58.1. The van der Waals surface area contributed by atoms with E-state index in [4.69, 9.17) is 9.05 Å². The normalized spacial score (nSPS) is 14.4. The zero-order chi connectivity index (χ0) is 56.3. The SMILES string of the molecule is CC/C=C\C/C=C\C/C=C\C/C=C\C/C=C\C/C=C\C/C=C\CCCCCCCCCCCCCCCC(=O)NC(COP(=O)([O-])OCC[N+](C)(C)C)C(O)/C=C/CCCCCCCCCCCCCCCCCCCC. The van der Waals surface area contributed by atoms with Gasteiger partial charge in [0.1, 0.15) is 13.2 Å². The molecule has 0 spiro atoms. The molecule has 3 atom stereocenters. The van der Waals surface area contributed by atoms with Crippen LogP contribution in [-0.2, 0) is 18.4 Å². The van der Waals surface area contributed by atoms with Gasteiger partial charge in [-0.25, -0.2) is 0 Å². The van der Waals surface area contributed by atoms with Crippen molar-refractivity contribution in [2.24, 2.45) is 0 Å². The summed E-state index contributed by atoms with van der Waals surface area (Å²) in [6, 6.07) is -0.893. The van der Waals surface area contributed by atoms with Gasteiger partial charge in [-0.1, -0.05) is 291 Å². The highest BCUT2D eigenvalue weighted by atomic mass is 31.2. The van der Waals surface area contributed by atoms with Crippen LogP contribution in [0.2, 0.25) is 0 Å². The van der Waals surface area contributed by atoms with Crippen molar-refractivity contribution in [3.63, 3.8) is 0 Å². The van der Waals surface area contributed by atoms with Crippen LogP contribution >= 0.6 is 7.82 Å². The van der Waals surface area contributed by atoms with Crippen LogP contribution in [0.4, 0.5) is 0 Å². The smallest absolute Gasteiger partial charge is 0.268 e. The molecule has 0 rings (SSSR count). The van der Waals surface area contributed by atoms with E-state index >= 15 is 0 Å². The number of aliphatic hydroxyl groups excluding tert-OH is 1. The summed E-state index contributed by atoms with van der Waals surface area (Å²) in [7, 11) is 1.26. The number of phosphoric ester groups is 1. The molecule has 0 aliphatic heterocycles. The number of carbonyl (C=O) groups excluding carboxylic acids is 1. The van der Waals surface area contributed by atoms with Crippen LogP contribution in [0.25, 0.3) is 0 Å². The van der Waals surface area contributed by atoms with Crippen molar-refractivity contribution >= 4 is 13.7 Å². The highest BCUT2D eigenvalue weighted by Gasteiger charge is 2.23. The minimum atomic E-state index is -4.60. The van der Waals surface area contributed by atoms with Gasteiger partial charge in [0, 0.05) is 6.42 Å². The first-order valence-corrected chi connectivity index (χ1v) is 33.6. The van der Waals surface area contributed by atoms with E-state index in [1.54, 1.807) is 6.08 Å². The van der Waals surface area contributed by atoms with Gasteiger partial charge in [-0.3, -0.25) is 9.36 Å². The Hall–Kier alpha value is -2.58. The topological polar surface area (TPSA) is 108 Å². The molecular weight excluding hydrogens is 972 g/mol. The Balaban J connectivity index is 4.12. The van der Waals surface area contributed by atoms with E-state index in [0.717, 1.165) is 83.5 Å². The fraction of sp³-hybridized carbons (Fsp3) is 0.750. The Kier molecular flexibility index (Phi) is 56.1. The molecule has 446 valence electrons. The van der Waals surface area contributed by atoms with Crippen LogP contribution in [-0.4, -0.2) is 68.5 Å². The Morgan fingerprint density at radius 2 is 0.792 bits per heavy atom. The summed E-state index contributed by atoms with van der Waals surface area (Å²) in [5.74, 6) is -0.200. The largest absolute Gasteiger partial charge is 0.756 e. The summed E-state index contributed by atoms with van der Waals surface area (Å²) < 4.78 is 23.4. The molecular formula is C68H123N2O6P. The molecule has 0 aliphatic rings. The number of nitrogens with zero attached hydrogens (tertiary/aromatic N) is 1. The van der Waals surface area contributed by atoms with Gasteiger partial charge < -0.3 is 28.8 Å². The molecule has 0 aromatic rings. The first kappa shape index (κ1) is 74.4. The Morgan fingerprint density at radius 3 is 1.16 bits per heavy atom. The molecule has 0 radical (unpaired) electrons. The van der Waals surface area contributed by atoms with E-state index in [2.05, 4.69) is 104 Å². The van der Waals surface area contributed by atoms with Crippen LogP contribution in [0, 0.1) is 0 Å². The number of rotatable bonds is 58. The number of amides is 1. The second-order valence-corrected chi connectivity index (χ2v) is 24.1. The summed E-state index contributed by atoms with van der Waals surface area (Å²) in [5, 5.41) is 13.9. The lowest BCUT2D eigenvalue weighted by Gasteiger charge is -2.29. The first-order valence-electron chi connectivity index (χ1n) is 32.1. The maximum Gasteiger partial charge on any atom is 0.268 e. The highest BCUT2D eigenvalue weighted by Crippen LogP contribution is 2.38. The zero-order valence-electron chi connectivity index (χ0n) is 50.9. The molecule has 0 aromatic carbocycles. The van der Waals surface area contributed by atoms with Crippen LogP contribution in [0.5, 0.6) is 0 Å². The minimum absolute atomic E-state index is 0.00402. The lowest BCUT2D eigenvalue weighted by atomic mass is 10.0. The number of hydrogen-bond acceptors (Lipinski definition) is 6. The molecule has 0 aromatic heterocycles. The van der Waals surface area contributed by atoms with E-state index in [9.17, 15) is 19.4 Å². The van der Waals surface area contributed by atoms with Crippen LogP contribution in [0.3, 0.4) is 0 Å². The van der Waals surface area contributed by atoms with E-state index in [-0.39, 0.29) is 19.1 Å². The van der Waals surface area contributed by atoms with Crippen LogP contribution < -0.4 is 10.2 Å². The third-order valence-corrected chi connectivity index (χ3v) is 15.0. The molecule has 3 unspecified atom stereocenters. The van der Waals surface area contributed by atoms with Gasteiger partial charge in [0.05, 0.1) is 39.9 Å². The van der Waals surface area contributed by atoms with Gasteiger partial charge in [-0.05, 0) is 77.0 Å². The molecule has 0 aliphatic carbocycles. The number of likely N-dealkylation sites (N-methyl/N-ethyl adjacent to an activating group) is 1. The number of carbonyl (C=O) groups is 1. The standard InChI is InChI=1S/C68H123N2O6P/c1-6-8-10-12-14-16-18-20-22-24-26-28-29-30-31-32-33-34-35-36-37-38-39-40-41-42-44-46-48-50-52-54-56-58-60-62-68(72)69-66(65-76-77(73,74)75-64-63-70(3,4)5)67(71)61-59-57-55-53-51-49-47-45-43-27-25-23-21-19-17-15-13-11-9-7-2/h8,10,14,16,20,22,26,28,30-31,33-34,36-37,59,61,66-67,71H,6-7,9,11-13,15,17-19,21,23-25,27,29,32,35,38-58,60,62-65H2,1-5H3,(H-,69,72,73,74)/b10-8-,16-14-,22-20-,28-26-,31-30-,34-33-,37-36-,61-59+. The maximum absolute atomic E-state index is 13.0. The second-order valence-electron chi connectivity index (χ2n) is 22.7. The fourth-order valence-electron chi connectivity index (χ4n) is 9.08. The molecule has 0 saturated carbocycles. The Bertz CT molecular complexity index is 1570. The summed E-state index contributed by atoms with van der Waals surface area (Å²) >= 11 is 0. The average Bonchev–Trinajstić information content (AvgIpc) is 3.39. The average molecular weight is 1100 g/mol. The Morgan fingerprint density at radius 1 is 0.468 bits per heavy atom. The number of nitrogens with one attached hydrogen (secondary N) is 1. The summed E-state index contributed by atoms with van der Waals surface area (Å²) in [4.78, 5) is 25.6. The minimum Gasteiger partial charge on any atom is -0.756 e. The molecule has 2 N–H and O–H groups in total. The van der Waals surface area contributed by atoms with Gasteiger partial charge in [-0.15, -0.1) is 0 Å².